The average Bonchev–Trinajstić information content (AvgIpc) is 2.48. The topological polar surface area (TPSA) is 26.3 Å². The zero-order valence-corrected chi connectivity index (χ0v) is 13.7. The van der Waals surface area contributed by atoms with E-state index in [9.17, 15) is 22.4 Å². The van der Waals surface area contributed by atoms with Gasteiger partial charge in [0.1, 0.15) is 17.4 Å². The van der Waals surface area contributed by atoms with Gasteiger partial charge in [-0.05, 0) is 48.2 Å². The van der Waals surface area contributed by atoms with Crippen molar-refractivity contribution >= 4 is 5.97 Å². The van der Waals surface area contributed by atoms with Crippen molar-refractivity contribution in [3.63, 3.8) is 0 Å². The molecule has 1 unspecified atom stereocenters. The second kappa shape index (κ2) is 7.96. The first-order valence-electron chi connectivity index (χ1n) is 7.52. The Kier molecular flexibility index (Phi) is 5.96. The quantitative estimate of drug-likeness (QED) is 0.414. The van der Waals surface area contributed by atoms with Gasteiger partial charge < -0.3 is 4.74 Å². The van der Waals surface area contributed by atoms with E-state index in [1.165, 1.54) is 24.3 Å². The van der Waals surface area contributed by atoms with Gasteiger partial charge in [0.05, 0.1) is 0 Å². The van der Waals surface area contributed by atoms with E-state index < -0.39 is 29.6 Å². The van der Waals surface area contributed by atoms with Crippen molar-refractivity contribution in [1.29, 1.82) is 0 Å². The van der Waals surface area contributed by atoms with Crippen molar-refractivity contribution < 1.29 is 27.1 Å². The standard InChI is InChI=1S/C19H16F4O2/c1-11-3-4-13(17(20)7-11)8-14(9-19(22)23)16-6-5-15(10-18(16)21)25-12(2)24/h3-7,9-10,14H,8H2,1-2H3. The minimum Gasteiger partial charge on any atom is -0.427 e. The molecule has 0 bridgehead atoms. The van der Waals surface area contributed by atoms with Crippen molar-refractivity contribution in [3.05, 3.63) is 76.9 Å². The number of carbonyl (C=O) groups excluding carboxylic acids is 1. The molecule has 132 valence electrons. The number of carbonyl (C=O) groups is 1. The van der Waals surface area contributed by atoms with Crippen LogP contribution in [-0.2, 0) is 11.2 Å². The van der Waals surface area contributed by atoms with E-state index in [-0.39, 0.29) is 23.3 Å². The molecule has 0 saturated carbocycles. The highest BCUT2D eigenvalue weighted by atomic mass is 19.3. The molecule has 0 radical (unpaired) electrons. The summed E-state index contributed by atoms with van der Waals surface area (Å²) in [7, 11) is 0. The maximum atomic E-state index is 14.3. The van der Waals surface area contributed by atoms with Crippen LogP contribution in [0.1, 0.15) is 29.5 Å². The van der Waals surface area contributed by atoms with Gasteiger partial charge in [-0.3, -0.25) is 4.79 Å². The zero-order chi connectivity index (χ0) is 18.6. The lowest BCUT2D eigenvalue weighted by molar-refractivity contribution is -0.131. The molecule has 1 atom stereocenters. The van der Waals surface area contributed by atoms with Crippen LogP contribution in [0.4, 0.5) is 17.6 Å². The molecule has 0 N–H and O–H groups in total. The van der Waals surface area contributed by atoms with Gasteiger partial charge in [-0.2, -0.15) is 8.78 Å². The highest BCUT2D eigenvalue weighted by Gasteiger charge is 2.19. The van der Waals surface area contributed by atoms with Crippen LogP contribution in [0.3, 0.4) is 0 Å². The minimum absolute atomic E-state index is 0.0290. The second-order valence-electron chi connectivity index (χ2n) is 5.64. The molecule has 2 nitrogen and oxygen atoms in total. The molecule has 0 aliphatic carbocycles. The largest absolute Gasteiger partial charge is 0.427 e. The van der Waals surface area contributed by atoms with Crippen molar-refractivity contribution in [1.82, 2.24) is 0 Å². The second-order valence-corrected chi connectivity index (χ2v) is 5.64. The minimum atomic E-state index is -1.99. The Morgan fingerprint density at radius 1 is 1.12 bits per heavy atom. The van der Waals surface area contributed by atoms with Gasteiger partial charge >= 0.3 is 5.97 Å². The molecular formula is C19H16F4O2. The Balaban J connectivity index is 2.37. The van der Waals surface area contributed by atoms with E-state index in [0.717, 1.165) is 13.0 Å². The summed E-state index contributed by atoms with van der Waals surface area (Å²) < 4.78 is 58.7. The van der Waals surface area contributed by atoms with Gasteiger partial charge in [0, 0.05) is 18.9 Å². The molecule has 0 heterocycles. The first kappa shape index (κ1) is 18.7. The summed E-state index contributed by atoms with van der Waals surface area (Å²) in [6, 6.07) is 7.95. The first-order valence-corrected chi connectivity index (χ1v) is 7.52. The number of benzene rings is 2. The van der Waals surface area contributed by atoms with Crippen molar-refractivity contribution in [3.8, 4) is 5.75 Å². The van der Waals surface area contributed by atoms with Crippen LogP contribution in [-0.4, -0.2) is 5.97 Å². The fourth-order valence-electron chi connectivity index (χ4n) is 2.50. The molecule has 0 fully saturated rings. The van der Waals surface area contributed by atoms with Crippen LogP contribution >= 0.6 is 0 Å². The first-order chi connectivity index (χ1) is 11.8. The van der Waals surface area contributed by atoms with Crippen LogP contribution in [0.5, 0.6) is 5.75 Å². The number of esters is 1. The number of ether oxygens (including phenoxy) is 1. The Bertz CT molecular complexity index is 811. The lowest BCUT2D eigenvalue weighted by atomic mass is 9.91. The molecule has 6 heteroatoms. The number of aryl methyl sites for hydroxylation is 1. The van der Waals surface area contributed by atoms with Gasteiger partial charge in [-0.25, -0.2) is 8.78 Å². The average molecular weight is 352 g/mol. The van der Waals surface area contributed by atoms with Crippen molar-refractivity contribution in [2.75, 3.05) is 0 Å². The summed E-state index contributed by atoms with van der Waals surface area (Å²) in [5, 5.41) is 0. The van der Waals surface area contributed by atoms with E-state index >= 15 is 0 Å². The Morgan fingerprint density at radius 3 is 2.40 bits per heavy atom. The van der Waals surface area contributed by atoms with Crippen LogP contribution in [0.15, 0.2) is 48.6 Å². The summed E-state index contributed by atoms with van der Waals surface area (Å²) in [6.07, 6.45) is -1.53. The van der Waals surface area contributed by atoms with E-state index in [1.807, 2.05) is 0 Å². The molecule has 2 aromatic carbocycles. The number of hydrogen-bond donors (Lipinski definition) is 0. The maximum Gasteiger partial charge on any atom is 0.308 e. The normalized spacial score (nSPS) is 11.8. The van der Waals surface area contributed by atoms with Gasteiger partial charge in [-0.15, -0.1) is 0 Å². The molecule has 2 aromatic rings. The molecule has 25 heavy (non-hydrogen) atoms. The smallest absolute Gasteiger partial charge is 0.308 e. The molecule has 0 spiro atoms. The third kappa shape index (κ3) is 5.17. The fourth-order valence-corrected chi connectivity index (χ4v) is 2.50. The third-order valence-corrected chi connectivity index (χ3v) is 3.61. The molecule has 0 amide bonds. The summed E-state index contributed by atoms with van der Waals surface area (Å²) in [5.41, 5.74) is 0.863. The monoisotopic (exact) mass is 352 g/mol. The lowest BCUT2D eigenvalue weighted by Gasteiger charge is -2.15. The Hall–Kier alpha value is -2.63. The molecule has 0 aliphatic heterocycles. The van der Waals surface area contributed by atoms with Crippen LogP contribution in [0.25, 0.3) is 0 Å². The Labute approximate surface area is 142 Å². The van der Waals surface area contributed by atoms with E-state index in [0.29, 0.717) is 11.6 Å². The summed E-state index contributed by atoms with van der Waals surface area (Å²) in [4.78, 5) is 10.9. The number of allylic oxidation sites excluding steroid dienone is 1. The van der Waals surface area contributed by atoms with Gasteiger partial charge in [0.25, 0.3) is 6.08 Å². The van der Waals surface area contributed by atoms with Gasteiger partial charge in [0.2, 0.25) is 0 Å². The summed E-state index contributed by atoms with van der Waals surface area (Å²) in [5.74, 6) is -3.06. The number of rotatable bonds is 5. The molecule has 2 rings (SSSR count). The van der Waals surface area contributed by atoms with E-state index in [4.69, 9.17) is 4.74 Å². The number of hydrogen-bond acceptors (Lipinski definition) is 2. The highest BCUT2D eigenvalue weighted by molar-refractivity contribution is 5.69. The van der Waals surface area contributed by atoms with E-state index in [1.54, 1.807) is 13.0 Å². The molecular weight excluding hydrogens is 336 g/mol. The van der Waals surface area contributed by atoms with Crippen LogP contribution in [0.2, 0.25) is 0 Å². The van der Waals surface area contributed by atoms with Gasteiger partial charge in [-0.1, -0.05) is 18.2 Å². The SMILES string of the molecule is CC(=O)Oc1ccc(C(C=C(F)F)Cc2ccc(C)cc2F)c(F)c1. The highest BCUT2D eigenvalue weighted by Crippen LogP contribution is 2.30. The fraction of sp³-hybridized carbons (Fsp3) is 0.211. The van der Waals surface area contributed by atoms with E-state index in [2.05, 4.69) is 0 Å². The van der Waals surface area contributed by atoms with Crippen molar-refractivity contribution in [2.24, 2.45) is 0 Å². The number of halogens is 4. The summed E-state index contributed by atoms with van der Waals surface area (Å²) in [6.45, 7) is 2.87. The van der Waals surface area contributed by atoms with Crippen molar-refractivity contribution in [2.45, 2.75) is 26.2 Å². The predicted octanol–water partition coefficient (Wildman–Crippen LogP) is 5.31. The molecule has 0 aliphatic rings. The Morgan fingerprint density at radius 2 is 1.84 bits per heavy atom. The summed E-state index contributed by atoms with van der Waals surface area (Å²) >= 11 is 0. The van der Waals surface area contributed by atoms with Gasteiger partial charge in [0.15, 0.2) is 0 Å². The molecule has 0 saturated heterocycles. The maximum absolute atomic E-state index is 14.3. The predicted molar refractivity (Wildman–Crippen MR) is 85.6 cm³/mol. The van der Waals surface area contributed by atoms with Crippen LogP contribution < -0.4 is 4.74 Å². The van der Waals surface area contributed by atoms with Crippen LogP contribution in [0, 0.1) is 18.6 Å². The zero-order valence-electron chi connectivity index (χ0n) is 13.7. The molecule has 0 aromatic heterocycles. The third-order valence-electron chi connectivity index (χ3n) is 3.61. The lowest BCUT2D eigenvalue weighted by Crippen LogP contribution is -2.07.